The van der Waals surface area contributed by atoms with Crippen molar-refractivity contribution in [2.45, 2.75) is 44.4 Å². The van der Waals surface area contributed by atoms with Crippen molar-refractivity contribution in [2.24, 2.45) is 0 Å². The minimum Gasteiger partial charge on any atom is -0.506 e. The van der Waals surface area contributed by atoms with Crippen LogP contribution in [0.3, 0.4) is 0 Å². The van der Waals surface area contributed by atoms with Crippen molar-refractivity contribution in [3.63, 3.8) is 0 Å². The maximum absolute atomic E-state index is 12.7. The molecule has 0 aliphatic carbocycles. The second kappa shape index (κ2) is 13.1. The standard InChI is InChI=1S/C29H37N3O6S/c1-29(2,30-18-27(35)23-12-13-26(34)24(16-23)32-39(3,37)38)17-21-9-7-8-20(14-21)15-28(36)31-25(19-33)22-10-5-4-6-11-22/h4-14,16,25,27,30,32-35H,15,17-19H2,1-3H3,(H,31,36)/t25-,27+/m1/s1. The number of phenols is 1. The molecule has 3 aromatic rings. The normalized spacial score (nSPS) is 13.5. The van der Waals surface area contributed by atoms with E-state index >= 15 is 0 Å². The summed E-state index contributed by atoms with van der Waals surface area (Å²) in [5.74, 6) is -0.417. The van der Waals surface area contributed by atoms with Gasteiger partial charge in [0.2, 0.25) is 15.9 Å². The Kier molecular flexibility index (Phi) is 10.1. The lowest BCUT2D eigenvalue weighted by atomic mass is 9.93. The molecule has 0 radical (unpaired) electrons. The molecule has 3 rings (SSSR count). The molecule has 6 N–H and O–H groups in total. The van der Waals surface area contributed by atoms with E-state index in [1.54, 1.807) is 0 Å². The van der Waals surface area contributed by atoms with Crippen molar-refractivity contribution in [1.82, 2.24) is 10.6 Å². The van der Waals surface area contributed by atoms with Crippen LogP contribution < -0.4 is 15.4 Å². The van der Waals surface area contributed by atoms with E-state index in [0.717, 1.165) is 22.9 Å². The van der Waals surface area contributed by atoms with E-state index in [1.165, 1.54) is 18.2 Å². The quantitative estimate of drug-likeness (QED) is 0.178. The van der Waals surface area contributed by atoms with Crippen LogP contribution in [0.5, 0.6) is 5.75 Å². The largest absolute Gasteiger partial charge is 0.506 e. The molecule has 0 aliphatic rings. The van der Waals surface area contributed by atoms with Crippen molar-refractivity contribution in [3.05, 3.63) is 95.1 Å². The molecule has 0 unspecified atom stereocenters. The van der Waals surface area contributed by atoms with E-state index in [0.29, 0.717) is 12.0 Å². The third kappa shape index (κ3) is 9.67. The molecule has 0 fully saturated rings. The maximum Gasteiger partial charge on any atom is 0.229 e. The highest BCUT2D eigenvalue weighted by Gasteiger charge is 2.21. The van der Waals surface area contributed by atoms with Gasteiger partial charge in [-0.15, -0.1) is 0 Å². The number of aliphatic hydroxyl groups excluding tert-OH is 2. The monoisotopic (exact) mass is 555 g/mol. The second-order valence-electron chi connectivity index (χ2n) is 10.3. The maximum atomic E-state index is 12.7. The van der Waals surface area contributed by atoms with E-state index in [2.05, 4.69) is 15.4 Å². The van der Waals surface area contributed by atoms with Crippen molar-refractivity contribution < 1.29 is 28.5 Å². The number of hydrogen-bond donors (Lipinski definition) is 6. The van der Waals surface area contributed by atoms with Gasteiger partial charge in [0.15, 0.2) is 0 Å². The van der Waals surface area contributed by atoms with Gasteiger partial charge in [0.05, 0.1) is 37.1 Å². The number of rotatable bonds is 13. The zero-order valence-electron chi connectivity index (χ0n) is 22.4. The number of benzene rings is 3. The van der Waals surface area contributed by atoms with Gasteiger partial charge >= 0.3 is 0 Å². The van der Waals surface area contributed by atoms with Crippen LogP contribution in [0.1, 0.15) is 48.2 Å². The van der Waals surface area contributed by atoms with Gasteiger partial charge in [-0.3, -0.25) is 9.52 Å². The molecule has 10 heteroatoms. The molecule has 3 aromatic carbocycles. The summed E-state index contributed by atoms with van der Waals surface area (Å²) >= 11 is 0. The molecule has 0 aromatic heterocycles. The third-order valence-corrected chi connectivity index (χ3v) is 6.79. The Hall–Kier alpha value is -3.44. The first-order valence-corrected chi connectivity index (χ1v) is 14.5. The highest BCUT2D eigenvalue weighted by molar-refractivity contribution is 7.92. The first-order valence-electron chi connectivity index (χ1n) is 12.6. The average molecular weight is 556 g/mol. The molecular formula is C29H37N3O6S. The number of nitrogens with one attached hydrogen (secondary N) is 3. The fourth-order valence-electron chi connectivity index (χ4n) is 4.31. The Bertz CT molecular complexity index is 1360. The van der Waals surface area contributed by atoms with E-state index in [-0.39, 0.29) is 36.9 Å². The number of anilines is 1. The van der Waals surface area contributed by atoms with Gasteiger partial charge in [0.25, 0.3) is 0 Å². The topological polar surface area (TPSA) is 148 Å². The molecule has 0 heterocycles. The SMILES string of the molecule is CC(C)(Cc1cccc(CC(=O)N[C@H](CO)c2ccccc2)c1)NC[C@H](O)c1ccc(O)c(NS(C)(=O)=O)c1. The molecule has 39 heavy (non-hydrogen) atoms. The number of β-amino-alcohol motifs (C(OH)–C–C–N with tert-alkyl or cyclic N) is 1. The number of phenolic OH excluding ortho intramolecular Hbond substituents is 1. The summed E-state index contributed by atoms with van der Waals surface area (Å²) in [5, 5.41) is 36.6. The molecule has 0 saturated carbocycles. The van der Waals surface area contributed by atoms with E-state index in [1.807, 2.05) is 68.4 Å². The van der Waals surface area contributed by atoms with Crippen LogP contribution in [0, 0.1) is 0 Å². The minimum absolute atomic E-state index is 0.00300. The summed E-state index contributed by atoms with van der Waals surface area (Å²) in [6, 6.07) is 20.9. The molecule has 2 atom stereocenters. The molecule has 1 amide bonds. The second-order valence-corrected chi connectivity index (χ2v) is 12.1. The summed E-state index contributed by atoms with van der Waals surface area (Å²) in [6.45, 7) is 4.00. The lowest BCUT2D eigenvalue weighted by Crippen LogP contribution is -2.43. The molecule has 0 aliphatic heterocycles. The number of hydrogen-bond acceptors (Lipinski definition) is 7. The average Bonchev–Trinajstić information content (AvgIpc) is 2.87. The zero-order valence-corrected chi connectivity index (χ0v) is 23.2. The van der Waals surface area contributed by atoms with Crippen molar-refractivity contribution in [3.8, 4) is 5.75 Å². The fourth-order valence-corrected chi connectivity index (χ4v) is 4.87. The fraction of sp³-hybridized carbons (Fsp3) is 0.345. The summed E-state index contributed by atoms with van der Waals surface area (Å²) in [5.41, 5.74) is 2.74. The lowest BCUT2D eigenvalue weighted by molar-refractivity contribution is -0.121. The van der Waals surface area contributed by atoms with Crippen molar-refractivity contribution in [1.29, 1.82) is 0 Å². The Balaban J connectivity index is 1.58. The zero-order chi connectivity index (χ0) is 28.6. The molecule has 0 spiro atoms. The van der Waals surface area contributed by atoms with Crippen LogP contribution in [0.4, 0.5) is 5.69 Å². The lowest BCUT2D eigenvalue weighted by Gasteiger charge is -2.28. The molecule has 210 valence electrons. The van der Waals surface area contributed by atoms with Gasteiger partial charge in [0, 0.05) is 12.1 Å². The van der Waals surface area contributed by atoms with Crippen LogP contribution >= 0.6 is 0 Å². The number of aromatic hydroxyl groups is 1. The predicted octanol–water partition coefficient (Wildman–Crippen LogP) is 2.80. The van der Waals surface area contributed by atoms with Crippen LogP contribution in [0.2, 0.25) is 0 Å². The van der Waals surface area contributed by atoms with Gasteiger partial charge in [-0.1, -0.05) is 60.7 Å². The first-order chi connectivity index (χ1) is 18.3. The summed E-state index contributed by atoms with van der Waals surface area (Å²) in [7, 11) is -3.59. The number of aliphatic hydroxyl groups is 2. The first kappa shape index (κ1) is 30.1. The summed E-state index contributed by atoms with van der Waals surface area (Å²) < 4.78 is 25.3. The van der Waals surface area contributed by atoms with Crippen LogP contribution in [-0.4, -0.2) is 54.6 Å². The molecule has 0 saturated heterocycles. The minimum atomic E-state index is -3.59. The van der Waals surface area contributed by atoms with E-state index < -0.39 is 27.7 Å². The Morgan fingerprint density at radius 3 is 2.31 bits per heavy atom. The summed E-state index contributed by atoms with van der Waals surface area (Å²) in [4.78, 5) is 12.7. The predicted molar refractivity (Wildman–Crippen MR) is 152 cm³/mol. The van der Waals surface area contributed by atoms with Crippen molar-refractivity contribution in [2.75, 3.05) is 24.1 Å². The van der Waals surface area contributed by atoms with Crippen LogP contribution in [0.25, 0.3) is 0 Å². The van der Waals surface area contributed by atoms with Gasteiger partial charge in [-0.2, -0.15) is 0 Å². The highest BCUT2D eigenvalue weighted by atomic mass is 32.2. The molecule has 9 nitrogen and oxygen atoms in total. The van der Waals surface area contributed by atoms with E-state index in [4.69, 9.17) is 0 Å². The molecule has 0 bridgehead atoms. The Morgan fingerprint density at radius 1 is 0.949 bits per heavy atom. The summed E-state index contributed by atoms with van der Waals surface area (Å²) in [6.07, 6.45) is 0.838. The number of sulfonamides is 1. The highest BCUT2D eigenvalue weighted by Crippen LogP contribution is 2.28. The van der Waals surface area contributed by atoms with Gasteiger partial charge in [-0.25, -0.2) is 8.42 Å². The number of carbonyl (C=O) groups excluding carboxylic acids is 1. The molecular weight excluding hydrogens is 518 g/mol. The van der Waals surface area contributed by atoms with Crippen LogP contribution in [-0.2, 0) is 27.7 Å². The smallest absolute Gasteiger partial charge is 0.229 e. The number of carbonyl (C=O) groups is 1. The Labute approximate surface area is 230 Å². The Morgan fingerprint density at radius 2 is 1.64 bits per heavy atom. The van der Waals surface area contributed by atoms with Crippen molar-refractivity contribution >= 4 is 21.6 Å². The van der Waals surface area contributed by atoms with Gasteiger partial charge in [-0.05, 0) is 54.7 Å². The van der Waals surface area contributed by atoms with Gasteiger partial charge < -0.3 is 26.0 Å². The van der Waals surface area contributed by atoms with Gasteiger partial charge in [0.1, 0.15) is 5.75 Å². The third-order valence-electron chi connectivity index (χ3n) is 6.20. The van der Waals surface area contributed by atoms with E-state index in [9.17, 15) is 28.5 Å². The number of amides is 1. The van der Waals surface area contributed by atoms with Crippen LogP contribution in [0.15, 0.2) is 72.8 Å².